The van der Waals surface area contributed by atoms with Gasteiger partial charge in [-0.15, -0.1) is 0 Å². The number of benzene rings is 1. The predicted octanol–water partition coefficient (Wildman–Crippen LogP) is 3.15. The van der Waals surface area contributed by atoms with E-state index in [1.54, 1.807) is 19.1 Å². The Balaban J connectivity index is 2.19. The van der Waals surface area contributed by atoms with Gasteiger partial charge in [-0.25, -0.2) is 8.78 Å². The maximum absolute atomic E-state index is 13.9. The zero-order valence-electron chi connectivity index (χ0n) is 11.6. The standard InChI is InChI=1S/C15H22F2N2/c1-3-7-15(16,17)13-6-4-5-12(10-13)14-11-19(2)9-8-18-14/h4-6,10,14,18H,3,7-9,11H2,1-2H3. The number of piperazine rings is 1. The maximum atomic E-state index is 13.9. The van der Waals surface area contributed by atoms with Gasteiger partial charge in [0.25, 0.3) is 5.92 Å². The zero-order chi connectivity index (χ0) is 13.9. The van der Waals surface area contributed by atoms with E-state index in [2.05, 4.69) is 17.3 Å². The second-order valence-corrected chi connectivity index (χ2v) is 5.35. The van der Waals surface area contributed by atoms with Gasteiger partial charge in [0.15, 0.2) is 0 Å². The molecule has 4 heteroatoms. The molecule has 1 heterocycles. The van der Waals surface area contributed by atoms with Crippen LogP contribution in [0, 0.1) is 0 Å². The summed E-state index contributed by atoms with van der Waals surface area (Å²) < 4.78 is 27.9. The van der Waals surface area contributed by atoms with E-state index >= 15 is 0 Å². The molecule has 1 aliphatic rings. The molecular formula is C15H22F2N2. The largest absolute Gasteiger partial charge is 0.308 e. The average molecular weight is 268 g/mol. The van der Waals surface area contributed by atoms with Crippen molar-refractivity contribution in [1.29, 1.82) is 0 Å². The van der Waals surface area contributed by atoms with Gasteiger partial charge < -0.3 is 10.2 Å². The summed E-state index contributed by atoms with van der Waals surface area (Å²) in [6, 6.07) is 7.02. The lowest BCUT2D eigenvalue weighted by molar-refractivity contribution is -0.0141. The molecule has 106 valence electrons. The van der Waals surface area contributed by atoms with Gasteiger partial charge >= 0.3 is 0 Å². The summed E-state index contributed by atoms with van der Waals surface area (Å²) in [4.78, 5) is 2.22. The molecule has 1 saturated heterocycles. The van der Waals surface area contributed by atoms with Gasteiger partial charge in [0.2, 0.25) is 0 Å². The first-order valence-corrected chi connectivity index (χ1v) is 6.93. The SMILES string of the molecule is CCCC(F)(F)c1cccc(C2CN(C)CCN2)c1. The van der Waals surface area contributed by atoms with Crippen LogP contribution in [0.15, 0.2) is 24.3 Å². The van der Waals surface area contributed by atoms with Gasteiger partial charge in [0, 0.05) is 37.7 Å². The fourth-order valence-electron chi connectivity index (χ4n) is 2.56. The van der Waals surface area contributed by atoms with Gasteiger partial charge in [-0.1, -0.05) is 31.5 Å². The highest BCUT2D eigenvalue weighted by molar-refractivity contribution is 5.29. The first-order chi connectivity index (χ1) is 9.03. The van der Waals surface area contributed by atoms with Gasteiger partial charge in [-0.2, -0.15) is 0 Å². The Morgan fingerprint density at radius 2 is 2.21 bits per heavy atom. The maximum Gasteiger partial charge on any atom is 0.273 e. The van der Waals surface area contributed by atoms with Gasteiger partial charge in [0.1, 0.15) is 0 Å². The van der Waals surface area contributed by atoms with E-state index in [4.69, 9.17) is 0 Å². The number of hydrogen-bond acceptors (Lipinski definition) is 2. The quantitative estimate of drug-likeness (QED) is 0.902. The van der Waals surface area contributed by atoms with Crippen molar-refractivity contribution in [2.45, 2.75) is 31.7 Å². The number of nitrogens with zero attached hydrogens (tertiary/aromatic N) is 1. The van der Waals surface area contributed by atoms with Gasteiger partial charge in [-0.05, 0) is 18.7 Å². The van der Waals surface area contributed by atoms with Crippen molar-refractivity contribution in [2.75, 3.05) is 26.7 Å². The van der Waals surface area contributed by atoms with Crippen LogP contribution in [0.5, 0.6) is 0 Å². The summed E-state index contributed by atoms with van der Waals surface area (Å²) in [5, 5.41) is 3.39. The van der Waals surface area contributed by atoms with Crippen molar-refractivity contribution >= 4 is 0 Å². The molecule has 1 aromatic rings. The van der Waals surface area contributed by atoms with E-state index < -0.39 is 5.92 Å². The van der Waals surface area contributed by atoms with E-state index in [1.165, 1.54) is 6.07 Å². The molecule has 2 rings (SSSR count). The molecule has 0 spiro atoms. The smallest absolute Gasteiger partial charge is 0.273 e. The minimum absolute atomic E-state index is 0.0888. The number of halogens is 2. The van der Waals surface area contributed by atoms with Crippen molar-refractivity contribution in [2.24, 2.45) is 0 Å². The molecular weight excluding hydrogens is 246 g/mol. The van der Waals surface area contributed by atoms with Crippen molar-refractivity contribution in [3.63, 3.8) is 0 Å². The summed E-state index contributed by atoms with van der Waals surface area (Å²) in [6.07, 6.45) is 0.399. The molecule has 1 atom stereocenters. The van der Waals surface area contributed by atoms with E-state index in [0.717, 1.165) is 25.2 Å². The molecule has 1 aliphatic heterocycles. The van der Waals surface area contributed by atoms with E-state index in [-0.39, 0.29) is 18.0 Å². The Labute approximate surface area is 113 Å². The molecule has 0 amide bonds. The molecule has 0 radical (unpaired) electrons. The van der Waals surface area contributed by atoms with Crippen LogP contribution in [-0.4, -0.2) is 31.6 Å². The fourth-order valence-corrected chi connectivity index (χ4v) is 2.56. The van der Waals surface area contributed by atoms with Gasteiger partial charge in [-0.3, -0.25) is 0 Å². The molecule has 0 aliphatic carbocycles. The Morgan fingerprint density at radius 1 is 1.42 bits per heavy atom. The molecule has 0 aromatic heterocycles. The Hall–Kier alpha value is -1.00. The minimum Gasteiger partial charge on any atom is -0.308 e. The van der Waals surface area contributed by atoms with E-state index in [9.17, 15) is 8.78 Å². The third-order valence-corrected chi connectivity index (χ3v) is 3.65. The van der Waals surface area contributed by atoms with E-state index in [0.29, 0.717) is 6.42 Å². The summed E-state index contributed by atoms with van der Waals surface area (Å²) in [5.74, 6) is -2.72. The van der Waals surface area contributed by atoms with E-state index in [1.807, 2.05) is 6.07 Å². The average Bonchev–Trinajstić information content (AvgIpc) is 2.39. The summed E-state index contributed by atoms with van der Waals surface area (Å²) in [7, 11) is 2.06. The van der Waals surface area contributed by atoms with Crippen LogP contribution in [0.3, 0.4) is 0 Å². The third kappa shape index (κ3) is 3.51. The van der Waals surface area contributed by atoms with Crippen molar-refractivity contribution in [3.8, 4) is 0 Å². The van der Waals surface area contributed by atoms with Crippen LogP contribution < -0.4 is 5.32 Å². The minimum atomic E-state index is -2.72. The number of likely N-dealkylation sites (N-methyl/N-ethyl adjacent to an activating group) is 1. The third-order valence-electron chi connectivity index (χ3n) is 3.65. The number of alkyl halides is 2. The van der Waals surface area contributed by atoms with Crippen LogP contribution in [0.25, 0.3) is 0 Å². The molecule has 0 bridgehead atoms. The Bertz CT molecular complexity index is 420. The summed E-state index contributed by atoms with van der Waals surface area (Å²) in [6.45, 7) is 4.55. The van der Waals surface area contributed by atoms with Crippen LogP contribution in [-0.2, 0) is 5.92 Å². The van der Waals surface area contributed by atoms with Crippen LogP contribution >= 0.6 is 0 Å². The highest BCUT2D eigenvalue weighted by Crippen LogP contribution is 2.34. The second kappa shape index (κ2) is 5.97. The highest BCUT2D eigenvalue weighted by atomic mass is 19.3. The lowest BCUT2D eigenvalue weighted by atomic mass is 9.97. The molecule has 1 unspecified atom stereocenters. The molecule has 2 nitrogen and oxygen atoms in total. The first kappa shape index (κ1) is 14.4. The van der Waals surface area contributed by atoms with Crippen molar-refractivity contribution < 1.29 is 8.78 Å². The molecule has 1 fully saturated rings. The Morgan fingerprint density at radius 3 is 2.89 bits per heavy atom. The van der Waals surface area contributed by atoms with Crippen LogP contribution in [0.2, 0.25) is 0 Å². The summed E-state index contributed by atoms with van der Waals surface area (Å²) >= 11 is 0. The monoisotopic (exact) mass is 268 g/mol. The van der Waals surface area contributed by atoms with Crippen molar-refractivity contribution in [1.82, 2.24) is 10.2 Å². The molecule has 1 aromatic carbocycles. The first-order valence-electron chi connectivity index (χ1n) is 6.93. The van der Waals surface area contributed by atoms with Crippen LogP contribution in [0.4, 0.5) is 8.78 Å². The highest BCUT2D eigenvalue weighted by Gasteiger charge is 2.31. The molecule has 1 N–H and O–H groups in total. The normalized spacial score (nSPS) is 21.6. The lowest BCUT2D eigenvalue weighted by Gasteiger charge is -2.31. The lowest BCUT2D eigenvalue weighted by Crippen LogP contribution is -2.43. The number of rotatable bonds is 4. The molecule has 0 saturated carbocycles. The predicted molar refractivity (Wildman–Crippen MR) is 73.5 cm³/mol. The van der Waals surface area contributed by atoms with Crippen LogP contribution in [0.1, 0.15) is 36.9 Å². The Kier molecular flexibility index (Phi) is 4.53. The summed E-state index contributed by atoms with van der Waals surface area (Å²) in [5.41, 5.74) is 1.10. The number of hydrogen-bond donors (Lipinski definition) is 1. The molecule has 19 heavy (non-hydrogen) atoms. The van der Waals surface area contributed by atoms with Gasteiger partial charge in [0.05, 0.1) is 0 Å². The second-order valence-electron chi connectivity index (χ2n) is 5.35. The van der Waals surface area contributed by atoms with Crippen molar-refractivity contribution in [3.05, 3.63) is 35.4 Å². The zero-order valence-corrected chi connectivity index (χ0v) is 11.6. The fraction of sp³-hybridized carbons (Fsp3) is 0.600. The topological polar surface area (TPSA) is 15.3 Å². The number of nitrogens with one attached hydrogen (secondary N) is 1.